The molecule has 3 N–H and O–H groups in total. The van der Waals surface area contributed by atoms with Crippen LogP contribution in [0, 0.1) is 5.82 Å². The van der Waals surface area contributed by atoms with Gasteiger partial charge in [0.2, 0.25) is 0 Å². The molecule has 0 aromatic heterocycles. The van der Waals surface area contributed by atoms with E-state index in [1.807, 2.05) is 7.05 Å². The summed E-state index contributed by atoms with van der Waals surface area (Å²) in [6.07, 6.45) is 2.92. The summed E-state index contributed by atoms with van der Waals surface area (Å²) in [6.45, 7) is 2.35. The van der Waals surface area contributed by atoms with Crippen LogP contribution in [0.15, 0.2) is 18.2 Å². The van der Waals surface area contributed by atoms with E-state index in [2.05, 4.69) is 4.90 Å². The van der Waals surface area contributed by atoms with Crippen LogP contribution in [0.5, 0.6) is 0 Å². The molecule has 0 unspecified atom stereocenters. The highest BCUT2D eigenvalue weighted by Gasteiger charge is 2.06. The van der Waals surface area contributed by atoms with Crippen LogP contribution in [0.3, 0.4) is 0 Å². The number of aliphatic hydroxyl groups is 1. The third kappa shape index (κ3) is 5.12. The Bertz CT molecular complexity index is 358. The first-order chi connectivity index (χ1) is 8.67. The van der Waals surface area contributed by atoms with E-state index in [1.165, 1.54) is 6.07 Å². The first-order valence-electron chi connectivity index (χ1n) is 6.44. The molecule has 0 fully saturated rings. The Morgan fingerprint density at radius 1 is 1.22 bits per heavy atom. The van der Waals surface area contributed by atoms with Crippen molar-refractivity contribution in [3.63, 3.8) is 0 Å². The highest BCUT2D eigenvalue weighted by Crippen LogP contribution is 2.13. The van der Waals surface area contributed by atoms with Gasteiger partial charge in [0.15, 0.2) is 0 Å². The molecule has 18 heavy (non-hydrogen) atoms. The average Bonchev–Trinajstić information content (AvgIpc) is 2.35. The van der Waals surface area contributed by atoms with Crippen molar-refractivity contribution in [3.8, 4) is 0 Å². The lowest BCUT2D eigenvalue weighted by Crippen LogP contribution is -2.20. The molecule has 1 aromatic carbocycles. The van der Waals surface area contributed by atoms with Gasteiger partial charge in [-0.15, -0.1) is 0 Å². The number of hydrogen-bond donors (Lipinski definition) is 2. The highest BCUT2D eigenvalue weighted by atomic mass is 19.1. The molecule has 0 amide bonds. The molecule has 4 heteroatoms. The Morgan fingerprint density at radius 3 is 2.67 bits per heavy atom. The third-order valence-electron chi connectivity index (χ3n) is 3.03. The maximum atomic E-state index is 13.2. The molecule has 0 aliphatic rings. The largest absolute Gasteiger partial charge is 0.396 e. The topological polar surface area (TPSA) is 49.5 Å². The first-order valence-corrected chi connectivity index (χ1v) is 6.44. The number of unbranched alkanes of at least 4 members (excludes halogenated alkanes) is 2. The Balaban J connectivity index is 2.47. The maximum Gasteiger partial charge on any atom is 0.123 e. The van der Waals surface area contributed by atoms with Gasteiger partial charge in [0.1, 0.15) is 5.82 Å². The van der Waals surface area contributed by atoms with Gasteiger partial charge in [0, 0.05) is 19.7 Å². The molecule has 0 heterocycles. The van der Waals surface area contributed by atoms with Crippen molar-refractivity contribution < 1.29 is 9.50 Å². The van der Waals surface area contributed by atoms with E-state index in [0.717, 1.165) is 36.9 Å². The minimum atomic E-state index is -0.212. The van der Waals surface area contributed by atoms with E-state index in [0.29, 0.717) is 13.1 Å². The van der Waals surface area contributed by atoms with Gasteiger partial charge in [0.05, 0.1) is 0 Å². The van der Waals surface area contributed by atoms with Crippen molar-refractivity contribution in [1.29, 1.82) is 0 Å². The van der Waals surface area contributed by atoms with Gasteiger partial charge in [-0.25, -0.2) is 4.39 Å². The van der Waals surface area contributed by atoms with E-state index in [4.69, 9.17) is 10.8 Å². The molecule has 0 saturated carbocycles. The summed E-state index contributed by atoms with van der Waals surface area (Å²) in [6, 6.07) is 4.77. The molecular formula is C14H23FN2O. The van der Waals surface area contributed by atoms with E-state index >= 15 is 0 Å². The zero-order valence-electron chi connectivity index (χ0n) is 11.0. The second-order valence-corrected chi connectivity index (χ2v) is 4.64. The maximum absolute atomic E-state index is 13.2. The number of aliphatic hydroxyl groups excluding tert-OH is 1. The lowest BCUT2D eigenvalue weighted by atomic mass is 10.1. The summed E-state index contributed by atoms with van der Waals surface area (Å²) < 4.78 is 13.2. The van der Waals surface area contributed by atoms with Crippen LogP contribution >= 0.6 is 0 Å². The minimum Gasteiger partial charge on any atom is -0.396 e. The fourth-order valence-electron chi connectivity index (χ4n) is 1.98. The molecule has 0 saturated heterocycles. The minimum absolute atomic E-state index is 0.212. The van der Waals surface area contributed by atoms with Crippen molar-refractivity contribution in [2.45, 2.75) is 32.4 Å². The van der Waals surface area contributed by atoms with Crippen LogP contribution in [0.25, 0.3) is 0 Å². The van der Waals surface area contributed by atoms with Gasteiger partial charge in [-0.2, -0.15) is 0 Å². The summed E-state index contributed by atoms with van der Waals surface area (Å²) in [5, 5.41) is 8.70. The van der Waals surface area contributed by atoms with Gasteiger partial charge in [-0.1, -0.05) is 6.07 Å². The number of benzene rings is 1. The Kier molecular flexibility index (Phi) is 6.86. The molecule has 1 aromatic rings. The van der Waals surface area contributed by atoms with Crippen LogP contribution in [0.2, 0.25) is 0 Å². The van der Waals surface area contributed by atoms with Crippen molar-refractivity contribution in [2.75, 3.05) is 20.2 Å². The molecule has 0 bridgehead atoms. The molecule has 1 rings (SSSR count). The molecule has 0 radical (unpaired) electrons. The van der Waals surface area contributed by atoms with Gasteiger partial charge in [0.25, 0.3) is 0 Å². The van der Waals surface area contributed by atoms with Crippen LogP contribution < -0.4 is 5.73 Å². The molecule has 0 aliphatic heterocycles. The molecule has 102 valence electrons. The smallest absolute Gasteiger partial charge is 0.123 e. The second-order valence-electron chi connectivity index (χ2n) is 4.64. The monoisotopic (exact) mass is 254 g/mol. The first kappa shape index (κ1) is 15.1. The third-order valence-corrected chi connectivity index (χ3v) is 3.03. The number of halogens is 1. The standard InChI is InChI=1S/C14H23FN2O/c1-17(7-3-2-4-8-18)11-13-9-14(15)6-5-12(13)10-16/h5-6,9,18H,2-4,7-8,10-11,16H2,1H3. The van der Waals surface area contributed by atoms with Crippen LogP contribution in [-0.2, 0) is 13.1 Å². The van der Waals surface area contributed by atoms with Gasteiger partial charge in [-0.05, 0) is 56.1 Å². The Hall–Kier alpha value is -0.970. The quantitative estimate of drug-likeness (QED) is 0.696. The predicted octanol–water partition coefficient (Wildman–Crippen LogP) is 1.88. The highest BCUT2D eigenvalue weighted by molar-refractivity contribution is 5.27. The molecule has 0 aliphatic carbocycles. The van der Waals surface area contributed by atoms with E-state index in [-0.39, 0.29) is 12.4 Å². The van der Waals surface area contributed by atoms with Gasteiger partial charge in [-0.3, -0.25) is 0 Å². The summed E-state index contributed by atoms with van der Waals surface area (Å²) in [7, 11) is 2.02. The fraction of sp³-hybridized carbons (Fsp3) is 0.571. The summed E-state index contributed by atoms with van der Waals surface area (Å²) in [4.78, 5) is 2.16. The number of nitrogens with zero attached hydrogens (tertiary/aromatic N) is 1. The average molecular weight is 254 g/mol. The van der Waals surface area contributed by atoms with Crippen LogP contribution in [0.1, 0.15) is 30.4 Å². The summed E-state index contributed by atoms with van der Waals surface area (Å²) in [5.41, 5.74) is 7.61. The zero-order valence-corrected chi connectivity index (χ0v) is 11.0. The molecule has 0 atom stereocenters. The van der Waals surface area contributed by atoms with Crippen molar-refractivity contribution in [1.82, 2.24) is 4.90 Å². The summed E-state index contributed by atoms with van der Waals surface area (Å²) in [5.74, 6) is -0.212. The second kappa shape index (κ2) is 8.19. The van der Waals surface area contributed by atoms with Gasteiger partial charge < -0.3 is 15.7 Å². The lowest BCUT2D eigenvalue weighted by molar-refractivity contribution is 0.271. The van der Waals surface area contributed by atoms with Crippen LogP contribution in [-0.4, -0.2) is 30.2 Å². The van der Waals surface area contributed by atoms with E-state index in [1.54, 1.807) is 12.1 Å². The molecule has 0 spiro atoms. The Morgan fingerprint density at radius 2 is 2.00 bits per heavy atom. The van der Waals surface area contributed by atoms with Gasteiger partial charge >= 0.3 is 0 Å². The SMILES string of the molecule is CN(CCCCCO)Cc1cc(F)ccc1CN. The fourth-order valence-corrected chi connectivity index (χ4v) is 1.98. The van der Waals surface area contributed by atoms with Crippen LogP contribution in [0.4, 0.5) is 4.39 Å². The molecular weight excluding hydrogens is 231 g/mol. The molecule has 3 nitrogen and oxygen atoms in total. The van der Waals surface area contributed by atoms with E-state index in [9.17, 15) is 4.39 Å². The van der Waals surface area contributed by atoms with E-state index < -0.39 is 0 Å². The predicted molar refractivity (Wildman–Crippen MR) is 71.6 cm³/mol. The number of hydrogen-bond acceptors (Lipinski definition) is 3. The zero-order chi connectivity index (χ0) is 13.4. The van der Waals surface area contributed by atoms with Crippen molar-refractivity contribution in [3.05, 3.63) is 35.1 Å². The van der Waals surface area contributed by atoms with Crippen molar-refractivity contribution >= 4 is 0 Å². The Labute approximate surface area is 108 Å². The normalized spacial score (nSPS) is 11.2. The van der Waals surface area contributed by atoms with Crippen molar-refractivity contribution in [2.24, 2.45) is 5.73 Å². The number of nitrogens with two attached hydrogens (primary N) is 1. The number of rotatable bonds is 8. The lowest BCUT2D eigenvalue weighted by Gasteiger charge is -2.18. The summed E-state index contributed by atoms with van der Waals surface area (Å²) >= 11 is 0.